The molecular formula is C12H21N5O2. The molecule has 0 aromatic carbocycles. The lowest BCUT2D eigenvalue weighted by Gasteiger charge is -2.18. The van der Waals surface area contributed by atoms with Gasteiger partial charge in [-0.05, 0) is 18.8 Å². The highest BCUT2D eigenvalue weighted by atomic mass is 16.2. The van der Waals surface area contributed by atoms with Crippen LogP contribution in [-0.4, -0.2) is 28.2 Å². The van der Waals surface area contributed by atoms with Gasteiger partial charge < -0.3 is 16.4 Å². The summed E-state index contributed by atoms with van der Waals surface area (Å²) in [7, 11) is 0. The summed E-state index contributed by atoms with van der Waals surface area (Å²) in [6.07, 6.45) is 1.32. The Morgan fingerprint density at radius 2 is 2.16 bits per heavy atom. The molecule has 0 aliphatic heterocycles. The summed E-state index contributed by atoms with van der Waals surface area (Å²) < 4.78 is 0. The lowest BCUT2D eigenvalue weighted by molar-refractivity contribution is -0.118. The second-order valence-electron chi connectivity index (χ2n) is 4.81. The molecule has 0 saturated carbocycles. The standard InChI is InChI=1S/C12H21N5O2/c1-4-8-6-10(17-16-8)15-11(18)9(5-7(2)3)14-12(13)19/h6-7,9H,4-5H2,1-3H3,(H3,13,14,19)(H2,15,16,17,18). The third-order valence-corrected chi connectivity index (χ3v) is 2.60. The average molecular weight is 267 g/mol. The zero-order valence-corrected chi connectivity index (χ0v) is 11.5. The number of hydrogen-bond donors (Lipinski definition) is 4. The molecule has 5 N–H and O–H groups in total. The van der Waals surface area contributed by atoms with Crippen LogP contribution in [0.5, 0.6) is 0 Å². The van der Waals surface area contributed by atoms with E-state index >= 15 is 0 Å². The molecule has 0 aliphatic carbocycles. The number of rotatable bonds is 6. The van der Waals surface area contributed by atoms with Crippen molar-refractivity contribution < 1.29 is 9.59 Å². The highest BCUT2D eigenvalue weighted by Gasteiger charge is 2.21. The van der Waals surface area contributed by atoms with Gasteiger partial charge in [0.05, 0.1) is 0 Å². The zero-order chi connectivity index (χ0) is 14.4. The molecule has 0 fully saturated rings. The van der Waals surface area contributed by atoms with Crippen molar-refractivity contribution in [1.29, 1.82) is 0 Å². The highest BCUT2D eigenvalue weighted by Crippen LogP contribution is 2.09. The molecule has 7 heteroatoms. The molecule has 0 bridgehead atoms. The van der Waals surface area contributed by atoms with Crippen LogP contribution in [0.4, 0.5) is 10.6 Å². The molecule has 0 saturated heterocycles. The first-order valence-corrected chi connectivity index (χ1v) is 6.33. The van der Waals surface area contributed by atoms with Crippen LogP contribution in [0, 0.1) is 5.92 Å². The van der Waals surface area contributed by atoms with Crippen molar-refractivity contribution in [2.45, 2.75) is 39.7 Å². The van der Waals surface area contributed by atoms with Crippen LogP contribution < -0.4 is 16.4 Å². The Morgan fingerprint density at radius 3 is 2.63 bits per heavy atom. The number of nitrogens with two attached hydrogens (primary N) is 1. The molecule has 7 nitrogen and oxygen atoms in total. The van der Waals surface area contributed by atoms with Gasteiger partial charge in [0, 0.05) is 11.8 Å². The molecule has 1 heterocycles. The van der Waals surface area contributed by atoms with E-state index in [0.29, 0.717) is 12.2 Å². The van der Waals surface area contributed by atoms with Crippen LogP contribution in [0.3, 0.4) is 0 Å². The van der Waals surface area contributed by atoms with Gasteiger partial charge in [0.25, 0.3) is 0 Å². The van der Waals surface area contributed by atoms with Gasteiger partial charge in [0.1, 0.15) is 6.04 Å². The number of carbonyl (C=O) groups excluding carboxylic acids is 2. The van der Waals surface area contributed by atoms with Crippen molar-refractivity contribution in [2.75, 3.05) is 5.32 Å². The second kappa shape index (κ2) is 6.77. The van der Waals surface area contributed by atoms with Crippen LogP contribution in [0.2, 0.25) is 0 Å². The van der Waals surface area contributed by atoms with Crippen molar-refractivity contribution >= 4 is 17.8 Å². The van der Waals surface area contributed by atoms with Crippen LogP contribution in [0.15, 0.2) is 6.07 Å². The molecule has 1 aromatic heterocycles. The van der Waals surface area contributed by atoms with Crippen LogP contribution in [-0.2, 0) is 11.2 Å². The molecule has 1 unspecified atom stereocenters. The van der Waals surface area contributed by atoms with Gasteiger partial charge in [-0.3, -0.25) is 9.89 Å². The molecule has 0 radical (unpaired) electrons. The number of H-pyrrole nitrogens is 1. The summed E-state index contributed by atoms with van der Waals surface area (Å²) in [5, 5.41) is 11.9. The Balaban J connectivity index is 2.67. The molecule has 1 atom stereocenters. The lowest BCUT2D eigenvalue weighted by atomic mass is 10.0. The van der Waals surface area contributed by atoms with Gasteiger partial charge in [-0.25, -0.2) is 4.79 Å². The van der Waals surface area contributed by atoms with Crippen molar-refractivity contribution in [1.82, 2.24) is 15.5 Å². The number of hydrogen-bond acceptors (Lipinski definition) is 3. The molecule has 19 heavy (non-hydrogen) atoms. The number of aromatic nitrogens is 2. The second-order valence-corrected chi connectivity index (χ2v) is 4.81. The highest BCUT2D eigenvalue weighted by molar-refractivity contribution is 5.96. The van der Waals surface area contributed by atoms with Crippen molar-refractivity contribution in [3.05, 3.63) is 11.8 Å². The third-order valence-electron chi connectivity index (χ3n) is 2.60. The molecule has 106 valence electrons. The maximum absolute atomic E-state index is 12.0. The maximum atomic E-state index is 12.0. The van der Waals surface area contributed by atoms with E-state index in [1.54, 1.807) is 6.07 Å². The smallest absolute Gasteiger partial charge is 0.312 e. The van der Waals surface area contributed by atoms with Crippen molar-refractivity contribution in [3.63, 3.8) is 0 Å². The largest absolute Gasteiger partial charge is 0.352 e. The molecule has 0 spiro atoms. The summed E-state index contributed by atoms with van der Waals surface area (Å²) >= 11 is 0. The van der Waals surface area contributed by atoms with E-state index in [2.05, 4.69) is 20.8 Å². The number of aromatic amines is 1. The molecule has 0 aliphatic rings. The van der Waals surface area contributed by atoms with Gasteiger partial charge in [-0.15, -0.1) is 0 Å². The maximum Gasteiger partial charge on any atom is 0.312 e. The van der Waals surface area contributed by atoms with Gasteiger partial charge in [-0.1, -0.05) is 20.8 Å². The minimum atomic E-state index is -0.711. The number of nitrogens with zero attached hydrogens (tertiary/aromatic N) is 1. The molecular weight excluding hydrogens is 246 g/mol. The Hall–Kier alpha value is -2.05. The minimum Gasteiger partial charge on any atom is -0.352 e. The fourth-order valence-corrected chi connectivity index (χ4v) is 1.69. The number of carbonyl (C=O) groups is 2. The SMILES string of the molecule is CCc1cc(NC(=O)C(CC(C)C)NC(N)=O)n[nH]1. The van der Waals surface area contributed by atoms with Gasteiger partial charge in [0.15, 0.2) is 5.82 Å². The summed E-state index contributed by atoms with van der Waals surface area (Å²) in [5.74, 6) is 0.386. The fraction of sp³-hybridized carbons (Fsp3) is 0.583. The number of aryl methyl sites for hydroxylation is 1. The van der Waals surface area contributed by atoms with E-state index in [1.807, 2.05) is 20.8 Å². The van der Waals surface area contributed by atoms with Gasteiger partial charge in [0.2, 0.25) is 5.91 Å². The Labute approximate surface area is 112 Å². The van der Waals surface area contributed by atoms with Crippen LogP contribution >= 0.6 is 0 Å². The number of urea groups is 1. The van der Waals surface area contributed by atoms with Crippen LogP contribution in [0.25, 0.3) is 0 Å². The third kappa shape index (κ3) is 4.99. The van der Waals surface area contributed by atoms with E-state index in [1.165, 1.54) is 0 Å². The summed E-state index contributed by atoms with van der Waals surface area (Å²) in [6.45, 7) is 5.91. The quantitative estimate of drug-likeness (QED) is 0.616. The Morgan fingerprint density at radius 1 is 1.47 bits per heavy atom. The summed E-state index contributed by atoms with van der Waals surface area (Å²) in [4.78, 5) is 23.0. The predicted molar refractivity (Wildman–Crippen MR) is 72.6 cm³/mol. The minimum absolute atomic E-state index is 0.257. The van der Waals surface area contributed by atoms with E-state index < -0.39 is 12.1 Å². The molecule has 1 rings (SSSR count). The van der Waals surface area contributed by atoms with E-state index in [4.69, 9.17) is 5.73 Å². The monoisotopic (exact) mass is 267 g/mol. The van der Waals surface area contributed by atoms with Crippen molar-refractivity contribution in [3.8, 4) is 0 Å². The van der Waals surface area contributed by atoms with Crippen molar-refractivity contribution in [2.24, 2.45) is 11.7 Å². The fourth-order valence-electron chi connectivity index (χ4n) is 1.69. The van der Waals surface area contributed by atoms with Gasteiger partial charge >= 0.3 is 6.03 Å². The first-order valence-electron chi connectivity index (χ1n) is 6.33. The molecule has 1 aromatic rings. The Bertz CT molecular complexity index is 441. The Kier molecular flexibility index (Phi) is 5.35. The number of primary amides is 1. The predicted octanol–water partition coefficient (Wildman–Crippen LogP) is 0.994. The first kappa shape index (κ1) is 15.0. The van der Waals surface area contributed by atoms with E-state index in [9.17, 15) is 9.59 Å². The summed E-state index contributed by atoms with van der Waals surface area (Å²) in [5.41, 5.74) is 6.00. The number of anilines is 1. The number of amides is 3. The normalized spacial score (nSPS) is 12.2. The van der Waals surface area contributed by atoms with Crippen LogP contribution in [0.1, 0.15) is 32.9 Å². The van der Waals surface area contributed by atoms with E-state index in [-0.39, 0.29) is 11.8 Å². The number of nitrogens with one attached hydrogen (secondary N) is 3. The first-order chi connectivity index (χ1) is 8.92. The lowest BCUT2D eigenvalue weighted by Crippen LogP contribution is -2.46. The average Bonchev–Trinajstić information content (AvgIpc) is 2.74. The van der Waals surface area contributed by atoms with Gasteiger partial charge in [-0.2, -0.15) is 5.10 Å². The zero-order valence-electron chi connectivity index (χ0n) is 11.5. The molecule has 3 amide bonds. The topological polar surface area (TPSA) is 113 Å². The summed E-state index contributed by atoms with van der Waals surface area (Å²) in [6, 6.07) is 0.394. The van der Waals surface area contributed by atoms with E-state index in [0.717, 1.165) is 12.1 Å².